The van der Waals surface area contributed by atoms with Gasteiger partial charge in [-0.25, -0.2) is 9.69 Å². The molecule has 4 rings (SSSR count). The number of carbonyl (C=O) groups is 2. The Bertz CT molecular complexity index is 1180. The largest absolute Gasteiger partial charge is 0.433 e. The van der Waals surface area contributed by atoms with E-state index in [1.807, 2.05) is 12.1 Å². The molecule has 9 heteroatoms. The van der Waals surface area contributed by atoms with Gasteiger partial charge in [0.1, 0.15) is 17.4 Å². The van der Waals surface area contributed by atoms with Gasteiger partial charge in [-0.05, 0) is 30.3 Å². The number of carbonyl (C=O) groups excluding carboxylic acids is 2. The van der Waals surface area contributed by atoms with E-state index in [0.29, 0.717) is 28.6 Å². The first-order valence-electron chi connectivity index (χ1n) is 10.2. The topological polar surface area (TPSA) is 54.7 Å². The molecule has 170 valence electrons. The van der Waals surface area contributed by atoms with Crippen LogP contribution in [0, 0.1) is 0 Å². The second kappa shape index (κ2) is 8.96. The van der Waals surface area contributed by atoms with Crippen LogP contribution >= 0.6 is 11.6 Å². The van der Waals surface area contributed by atoms with Crippen molar-refractivity contribution in [3.05, 3.63) is 88.7 Å². The monoisotopic (exact) mass is 474 g/mol. The highest BCUT2D eigenvalue weighted by molar-refractivity contribution is 6.30. The van der Waals surface area contributed by atoms with Gasteiger partial charge in [-0.15, -0.1) is 0 Å². The highest BCUT2D eigenvalue weighted by Gasteiger charge is 2.38. The minimum Gasteiger partial charge on any atom is -0.308 e. The van der Waals surface area contributed by atoms with Crippen molar-refractivity contribution in [3.63, 3.8) is 0 Å². The Balaban J connectivity index is 1.68. The number of halogens is 4. The van der Waals surface area contributed by atoms with Gasteiger partial charge >= 0.3 is 12.1 Å². The first-order chi connectivity index (χ1) is 15.7. The van der Waals surface area contributed by atoms with Gasteiger partial charge in [0, 0.05) is 41.9 Å². The summed E-state index contributed by atoms with van der Waals surface area (Å²) in [5.74, 6) is -0.526. The fraction of sp³-hybridized carbons (Fsp3) is 0.208. The average Bonchev–Trinajstić information content (AvgIpc) is 2.79. The van der Waals surface area contributed by atoms with E-state index in [-0.39, 0.29) is 17.5 Å². The smallest absolute Gasteiger partial charge is 0.308 e. The zero-order valence-corrected chi connectivity index (χ0v) is 18.3. The molecule has 0 spiro atoms. The summed E-state index contributed by atoms with van der Waals surface area (Å²) in [6.45, 7) is 1.81. The second-order valence-electron chi connectivity index (χ2n) is 7.76. The molecule has 1 N–H and O–H groups in total. The van der Waals surface area contributed by atoms with Gasteiger partial charge in [-0.2, -0.15) is 13.2 Å². The summed E-state index contributed by atoms with van der Waals surface area (Å²) in [6.07, 6.45) is -3.15. The highest BCUT2D eigenvalue weighted by atomic mass is 35.5. The van der Waals surface area contributed by atoms with E-state index in [1.165, 1.54) is 11.8 Å². The summed E-state index contributed by atoms with van der Waals surface area (Å²) in [6, 6.07) is 16.0. The number of anilines is 1. The van der Waals surface area contributed by atoms with Crippen LogP contribution in [0.2, 0.25) is 5.02 Å². The van der Waals surface area contributed by atoms with E-state index in [0.717, 1.165) is 29.6 Å². The summed E-state index contributed by atoms with van der Waals surface area (Å²) >= 11 is 6.00. The van der Waals surface area contributed by atoms with Gasteiger partial charge in [0.05, 0.1) is 18.2 Å². The van der Waals surface area contributed by atoms with Crippen LogP contribution in [0.15, 0.2) is 66.9 Å². The number of hydrogen-bond acceptors (Lipinski definition) is 3. The molecule has 2 atom stereocenters. The molecule has 0 bridgehead atoms. The molecule has 0 fully saturated rings. The van der Waals surface area contributed by atoms with Crippen LogP contribution < -0.4 is 9.80 Å². The number of nitrogens with one attached hydrogen (secondary N) is 1. The Morgan fingerprint density at radius 3 is 2.36 bits per heavy atom. The van der Waals surface area contributed by atoms with E-state index in [9.17, 15) is 22.8 Å². The maximum Gasteiger partial charge on any atom is 0.433 e. The number of para-hydroxylation sites is 1. The molecule has 2 aromatic carbocycles. The van der Waals surface area contributed by atoms with Crippen molar-refractivity contribution in [1.82, 2.24) is 4.98 Å². The summed E-state index contributed by atoms with van der Waals surface area (Å²) in [4.78, 5) is 31.3. The molecule has 1 aliphatic heterocycles. The number of rotatable bonds is 3. The standard InChI is InChI=1S/C24H19ClF3N3O2/c1-15(32)31(18-9-7-17(25)8-10-18)21-12-13-30(20-5-3-2-4-19(20)21)23(33)16-6-11-22(29-14-16)24(26,27)28/h2-11,14,21H,12-13H2,1H3/p+1. The van der Waals surface area contributed by atoms with E-state index in [4.69, 9.17) is 11.6 Å². The van der Waals surface area contributed by atoms with Crippen molar-refractivity contribution in [2.75, 3.05) is 11.4 Å². The Morgan fingerprint density at radius 1 is 1.06 bits per heavy atom. The molecule has 1 aromatic heterocycles. The highest BCUT2D eigenvalue weighted by Crippen LogP contribution is 2.34. The average molecular weight is 475 g/mol. The molecule has 2 amide bonds. The van der Waals surface area contributed by atoms with Gasteiger partial charge < -0.3 is 4.90 Å². The Hall–Kier alpha value is -3.23. The van der Waals surface area contributed by atoms with Gasteiger partial charge in [0.15, 0.2) is 0 Å². The molecule has 3 aromatic rings. The third-order valence-electron chi connectivity index (χ3n) is 5.67. The molecular formula is C24H20ClF3N3O2+. The molecule has 0 radical (unpaired) electrons. The predicted octanol–water partition coefficient (Wildman–Crippen LogP) is 4.61. The Labute approximate surface area is 193 Å². The van der Waals surface area contributed by atoms with Crippen molar-refractivity contribution in [2.45, 2.75) is 25.6 Å². The lowest BCUT2D eigenvalue weighted by atomic mass is 9.93. The minimum atomic E-state index is -4.58. The number of benzene rings is 2. The van der Waals surface area contributed by atoms with Crippen LogP contribution in [-0.4, -0.2) is 23.3 Å². The van der Waals surface area contributed by atoms with E-state index in [1.54, 1.807) is 36.4 Å². The first kappa shape index (κ1) is 22.9. The first-order valence-corrected chi connectivity index (χ1v) is 10.6. The summed E-state index contributed by atoms with van der Waals surface area (Å²) < 4.78 is 38.5. The number of aromatic nitrogens is 1. The molecular weight excluding hydrogens is 455 g/mol. The second-order valence-corrected chi connectivity index (χ2v) is 8.20. The minimum absolute atomic E-state index is 0.0599. The number of pyridine rings is 1. The van der Waals surface area contributed by atoms with Crippen LogP contribution in [0.25, 0.3) is 0 Å². The molecule has 2 unspecified atom stereocenters. The molecule has 0 saturated carbocycles. The van der Waals surface area contributed by atoms with Crippen molar-refractivity contribution in [1.29, 1.82) is 0 Å². The normalized spacial score (nSPS) is 16.8. The van der Waals surface area contributed by atoms with E-state index in [2.05, 4.69) is 4.98 Å². The number of nitrogens with zero attached hydrogens (tertiary/aromatic N) is 2. The number of quaternary nitrogens is 1. The quantitative estimate of drug-likeness (QED) is 0.603. The fourth-order valence-electron chi connectivity index (χ4n) is 4.20. The van der Waals surface area contributed by atoms with E-state index >= 15 is 0 Å². The van der Waals surface area contributed by atoms with Crippen molar-refractivity contribution in [3.8, 4) is 0 Å². The molecule has 0 aliphatic carbocycles. The predicted molar refractivity (Wildman–Crippen MR) is 117 cm³/mol. The maximum atomic E-state index is 13.2. The van der Waals surface area contributed by atoms with Crippen LogP contribution in [-0.2, 0) is 11.0 Å². The van der Waals surface area contributed by atoms with E-state index < -0.39 is 17.8 Å². The summed E-state index contributed by atoms with van der Waals surface area (Å²) in [5, 5.41) is 0.563. The van der Waals surface area contributed by atoms with Crippen molar-refractivity contribution >= 4 is 34.8 Å². The molecule has 33 heavy (non-hydrogen) atoms. The third kappa shape index (κ3) is 4.62. The number of alkyl halides is 3. The van der Waals surface area contributed by atoms with Gasteiger partial charge in [0.2, 0.25) is 0 Å². The van der Waals surface area contributed by atoms with Crippen LogP contribution in [0.3, 0.4) is 0 Å². The van der Waals surface area contributed by atoms with Gasteiger partial charge in [-0.1, -0.05) is 29.8 Å². The summed E-state index contributed by atoms with van der Waals surface area (Å²) in [5.41, 5.74) is 1.19. The SMILES string of the molecule is CC(=O)[NH+](c1ccc(Cl)cc1)C1CCN(C(=O)c2ccc(C(F)(F)F)nc2)c2ccccc21. The molecule has 2 heterocycles. The Kier molecular flexibility index (Phi) is 6.23. The number of fused-ring (bicyclic) bond motifs is 1. The lowest BCUT2D eigenvalue weighted by Gasteiger charge is -2.36. The summed E-state index contributed by atoms with van der Waals surface area (Å²) in [7, 11) is 0. The molecule has 1 aliphatic rings. The number of amides is 2. The maximum absolute atomic E-state index is 13.2. The van der Waals surface area contributed by atoms with Crippen LogP contribution in [0.1, 0.15) is 41.0 Å². The zero-order chi connectivity index (χ0) is 23.8. The van der Waals surface area contributed by atoms with Gasteiger partial charge in [0.25, 0.3) is 5.91 Å². The van der Waals surface area contributed by atoms with Crippen LogP contribution in [0.5, 0.6) is 0 Å². The van der Waals surface area contributed by atoms with Crippen molar-refractivity contribution < 1.29 is 27.7 Å². The van der Waals surface area contributed by atoms with Crippen LogP contribution in [0.4, 0.5) is 24.5 Å². The lowest BCUT2D eigenvalue weighted by molar-refractivity contribution is -0.786. The lowest BCUT2D eigenvalue weighted by Crippen LogP contribution is -3.10. The van der Waals surface area contributed by atoms with Gasteiger partial charge in [-0.3, -0.25) is 9.78 Å². The number of hydrogen-bond donors (Lipinski definition) is 1. The molecule has 5 nitrogen and oxygen atoms in total. The third-order valence-corrected chi connectivity index (χ3v) is 5.93. The van der Waals surface area contributed by atoms with Crippen molar-refractivity contribution in [2.24, 2.45) is 0 Å². The fourth-order valence-corrected chi connectivity index (χ4v) is 4.32. The Morgan fingerprint density at radius 2 is 1.76 bits per heavy atom. The zero-order valence-electron chi connectivity index (χ0n) is 17.6. The molecule has 0 saturated heterocycles.